The zero-order chi connectivity index (χ0) is 20.2. The molecular formula is C22H22ClN5O. The zero-order valence-corrected chi connectivity index (χ0v) is 16.9. The molecular weight excluding hydrogens is 386 g/mol. The van der Waals surface area contributed by atoms with Gasteiger partial charge in [0.1, 0.15) is 5.82 Å². The van der Waals surface area contributed by atoms with Crippen LogP contribution in [0.15, 0.2) is 54.6 Å². The molecule has 0 atom stereocenters. The lowest BCUT2D eigenvalue weighted by molar-refractivity contribution is 0.102. The molecule has 1 aliphatic rings. The number of aromatic nitrogens is 2. The lowest BCUT2D eigenvalue weighted by Gasteiger charge is -2.17. The number of hydrogen-bond donors (Lipinski definition) is 2. The molecule has 4 rings (SSSR count). The highest BCUT2D eigenvalue weighted by Gasteiger charge is 2.15. The number of anilines is 4. The second-order valence-corrected chi connectivity index (χ2v) is 7.43. The summed E-state index contributed by atoms with van der Waals surface area (Å²) in [7, 11) is 0. The highest BCUT2D eigenvalue weighted by atomic mass is 35.5. The number of carbonyl (C=O) groups is 1. The van der Waals surface area contributed by atoms with E-state index in [9.17, 15) is 4.79 Å². The molecule has 2 heterocycles. The first kappa shape index (κ1) is 19.2. The van der Waals surface area contributed by atoms with Crippen LogP contribution in [0.1, 0.15) is 28.9 Å². The van der Waals surface area contributed by atoms with Crippen LogP contribution in [0.2, 0.25) is 5.02 Å². The molecule has 148 valence electrons. The summed E-state index contributed by atoms with van der Waals surface area (Å²) in [6.45, 7) is 4.05. The van der Waals surface area contributed by atoms with Gasteiger partial charge < -0.3 is 15.5 Å². The van der Waals surface area contributed by atoms with Gasteiger partial charge in [0.2, 0.25) is 5.95 Å². The first-order valence-electron chi connectivity index (χ1n) is 9.62. The summed E-state index contributed by atoms with van der Waals surface area (Å²) in [6.07, 6.45) is 2.40. The monoisotopic (exact) mass is 407 g/mol. The Labute approximate surface area is 174 Å². The molecule has 1 amide bonds. The Hall–Kier alpha value is -3.12. The smallest absolute Gasteiger partial charge is 0.257 e. The SMILES string of the molecule is Cc1cc(N2CCCC2)nc(Nc2ccc(NC(=O)c3ccccc3Cl)cc2)n1. The van der Waals surface area contributed by atoms with Crippen LogP contribution in [-0.2, 0) is 0 Å². The van der Waals surface area contributed by atoms with Gasteiger partial charge in [0.05, 0.1) is 10.6 Å². The molecule has 1 fully saturated rings. The molecule has 2 aromatic carbocycles. The number of halogens is 1. The molecule has 29 heavy (non-hydrogen) atoms. The van der Waals surface area contributed by atoms with E-state index >= 15 is 0 Å². The van der Waals surface area contributed by atoms with E-state index in [-0.39, 0.29) is 5.91 Å². The Morgan fingerprint density at radius 2 is 1.69 bits per heavy atom. The number of amides is 1. The molecule has 1 aromatic heterocycles. The van der Waals surface area contributed by atoms with Crippen molar-refractivity contribution in [2.24, 2.45) is 0 Å². The van der Waals surface area contributed by atoms with Gasteiger partial charge in [-0.3, -0.25) is 4.79 Å². The number of benzene rings is 2. The lowest BCUT2D eigenvalue weighted by atomic mass is 10.2. The number of aryl methyl sites for hydroxylation is 1. The van der Waals surface area contributed by atoms with Crippen LogP contribution in [0.25, 0.3) is 0 Å². The minimum absolute atomic E-state index is 0.242. The van der Waals surface area contributed by atoms with Crippen LogP contribution in [0.5, 0.6) is 0 Å². The number of rotatable bonds is 5. The van der Waals surface area contributed by atoms with E-state index in [0.717, 1.165) is 30.3 Å². The Morgan fingerprint density at radius 1 is 1.00 bits per heavy atom. The fourth-order valence-electron chi connectivity index (χ4n) is 3.33. The van der Waals surface area contributed by atoms with E-state index < -0.39 is 0 Å². The van der Waals surface area contributed by atoms with E-state index in [1.807, 2.05) is 37.3 Å². The second kappa shape index (κ2) is 8.49. The largest absolute Gasteiger partial charge is 0.356 e. The van der Waals surface area contributed by atoms with Gasteiger partial charge in [-0.25, -0.2) is 4.98 Å². The van der Waals surface area contributed by atoms with Crippen molar-refractivity contribution in [1.82, 2.24) is 9.97 Å². The van der Waals surface area contributed by atoms with E-state index in [0.29, 0.717) is 22.2 Å². The van der Waals surface area contributed by atoms with Gasteiger partial charge in [-0.2, -0.15) is 4.98 Å². The van der Waals surface area contributed by atoms with Gasteiger partial charge in [0.25, 0.3) is 5.91 Å². The van der Waals surface area contributed by atoms with Crippen LogP contribution in [0, 0.1) is 6.92 Å². The normalized spacial score (nSPS) is 13.4. The Bertz CT molecular complexity index is 1020. The van der Waals surface area contributed by atoms with E-state index in [1.165, 1.54) is 12.8 Å². The number of carbonyl (C=O) groups excluding carboxylic acids is 1. The summed E-state index contributed by atoms with van der Waals surface area (Å²) in [5.74, 6) is 1.29. The maximum Gasteiger partial charge on any atom is 0.257 e. The van der Waals surface area contributed by atoms with Crippen LogP contribution in [0.4, 0.5) is 23.1 Å². The van der Waals surface area contributed by atoms with E-state index in [1.54, 1.807) is 24.3 Å². The van der Waals surface area contributed by atoms with Crippen molar-refractivity contribution in [3.05, 3.63) is 70.9 Å². The summed E-state index contributed by atoms with van der Waals surface area (Å²) < 4.78 is 0. The standard InChI is InChI=1S/C22H22ClN5O/c1-15-14-20(28-12-4-5-13-28)27-22(24-15)26-17-10-8-16(9-11-17)25-21(29)18-6-2-3-7-19(18)23/h2-3,6-11,14H,4-5,12-13H2,1H3,(H,25,29)(H,24,26,27). The lowest BCUT2D eigenvalue weighted by Crippen LogP contribution is -2.19. The zero-order valence-electron chi connectivity index (χ0n) is 16.2. The number of nitrogens with zero attached hydrogens (tertiary/aromatic N) is 3. The van der Waals surface area contributed by atoms with Gasteiger partial charge in [-0.15, -0.1) is 0 Å². The summed E-state index contributed by atoms with van der Waals surface area (Å²) in [5, 5.41) is 6.53. The third-order valence-electron chi connectivity index (χ3n) is 4.79. The quantitative estimate of drug-likeness (QED) is 0.620. The van der Waals surface area contributed by atoms with Crippen molar-refractivity contribution in [1.29, 1.82) is 0 Å². The molecule has 6 nitrogen and oxygen atoms in total. The minimum atomic E-state index is -0.242. The highest BCUT2D eigenvalue weighted by molar-refractivity contribution is 6.34. The molecule has 3 aromatic rings. The van der Waals surface area contributed by atoms with Gasteiger partial charge in [-0.05, 0) is 56.2 Å². The first-order chi connectivity index (χ1) is 14.1. The summed E-state index contributed by atoms with van der Waals surface area (Å²) in [4.78, 5) is 23.8. The Morgan fingerprint density at radius 3 is 2.41 bits per heavy atom. The van der Waals surface area contributed by atoms with E-state index in [2.05, 4.69) is 25.5 Å². The Kier molecular flexibility index (Phi) is 5.62. The molecule has 7 heteroatoms. The highest BCUT2D eigenvalue weighted by Crippen LogP contribution is 2.23. The van der Waals surface area contributed by atoms with Crippen molar-refractivity contribution in [3.63, 3.8) is 0 Å². The summed E-state index contributed by atoms with van der Waals surface area (Å²) in [6, 6.07) is 16.4. The predicted octanol–water partition coefficient (Wildman–Crippen LogP) is 5.03. The second-order valence-electron chi connectivity index (χ2n) is 7.02. The topological polar surface area (TPSA) is 70.2 Å². The first-order valence-corrected chi connectivity index (χ1v) is 10.00. The van der Waals surface area contributed by atoms with Crippen molar-refractivity contribution in [2.75, 3.05) is 28.6 Å². The van der Waals surface area contributed by atoms with E-state index in [4.69, 9.17) is 11.6 Å². The van der Waals surface area contributed by atoms with Crippen molar-refractivity contribution in [3.8, 4) is 0 Å². The summed E-state index contributed by atoms with van der Waals surface area (Å²) >= 11 is 6.09. The maximum absolute atomic E-state index is 12.4. The minimum Gasteiger partial charge on any atom is -0.356 e. The van der Waals surface area contributed by atoms with Gasteiger partial charge in [0.15, 0.2) is 0 Å². The average molecular weight is 408 g/mol. The van der Waals surface area contributed by atoms with Crippen LogP contribution >= 0.6 is 11.6 Å². The average Bonchev–Trinajstić information content (AvgIpc) is 3.24. The number of nitrogens with one attached hydrogen (secondary N) is 2. The molecule has 0 spiro atoms. The molecule has 1 saturated heterocycles. The van der Waals surface area contributed by atoms with Crippen molar-refractivity contribution in [2.45, 2.75) is 19.8 Å². The fourth-order valence-corrected chi connectivity index (χ4v) is 3.55. The van der Waals surface area contributed by atoms with Crippen LogP contribution in [0.3, 0.4) is 0 Å². The van der Waals surface area contributed by atoms with Gasteiger partial charge in [-0.1, -0.05) is 23.7 Å². The molecule has 0 aliphatic carbocycles. The summed E-state index contributed by atoms with van der Waals surface area (Å²) in [5.41, 5.74) is 2.90. The van der Waals surface area contributed by atoms with Gasteiger partial charge >= 0.3 is 0 Å². The molecule has 1 aliphatic heterocycles. The maximum atomic E-state index is 12.4. The number of hydrogen-bond acceptors (Lipinski definition) is 5. The molecule has 0 bridgehead atoms. The molecule has 2 N–H and O–H groups in total. The fraction of sp³-hybridized carbons (Fsp3) is 0.227. The van der Waals surface area contributed by atoms with Crippen molar-refractivity contribution >= 4 is 40.6 Å². The van der Waals surface area contributed by atoms with Crippen LogP contribution < -0.4 is 15.5 Å². The molecule has 0 unspecified atom stereocenters. The molecule has 0 saturated carbocycles. The van der Waals surface area contributed by atoms with Gasteiger partial charge in [0, 0.05) is 36.2 Å². The predicted molar refractivity (Wildman–Crippen MR) is 117 cm³/mol. The van der Waals surface area contributed by atoms with Crippen LogP contribution in [-0.4, -0.2) is 29.0 Å². The van der Waals surface area contributed by atoms with Crippen molar-refractivity contribution < 1.29 is 4.79 Å². The Balaban J connectivity index is 1.45. The third kappa shape index (κ3) is 4.66. The molecule has 0 radical (unpaired) electrons. The third-order valence-corrected chi connectivity index (χ3v) is 5.12.